The van der Waals surface area contributed by atoms with Crippen LogP contribution in [0.5, 0.6) is 0 Å². The van der Waals surface area contributed by atoms with Crippen LogP contribution in [0.4, 0.5) is 17.1 Å². The van der Waals surface area contributed by atoms with Crippen LogP contribution in [0.1, 0.15) is 11.1 Å². The van der Waals surface area contributed by atoms with Crippen molar-refractivity contribution in [2.45, 2.75) is 11.8 Å². The minimum atomic E-state index is -3.97. The zero-order valence-electron chi connectivity index (χ0n) is 15.4. The monoisotopic (exact) mass is 410 g/mol. The van der Waals surface area contributed by atoms with Crippen molar-refractivity contribution in [1.82, 2.24) is 0 Å². The predicted molar refractivity (Wildman–Crippen MR) is 113 cm³/mol. The Morgan fingerprint density at radius 1 is 1.00 bits per heavy atom. The van der Waals surface area contributed by atoms with Gasteiger partial charge in [-0.1, -0.05) is 48.0 Å². The van der Waals surface area contributed by atoms with Gasteiger partial charge in [-0.25, -0.2) is 8.42 Å². The second-order valence-electron chi connectivity index (χ2n) is 6.19. The van der Waals surface area contributed by atoms with Gasteiger partial charge in [0, 0.05) is 11.8 Å². The molecule has 0 radical (unpaired) electrons. The van der Waals surface area contributed by atoms with Crippen LogP contribution in [0.2, 0.25) is 0 Å². The van der Waals surface area contributed by atoms with Crippen molar-refractivity contribution in [3.8, 4) is 0 Å². The molecule has 0 aliphatic carbocycles. The van der Waals surface area contributed by atoms with E-state index < -0.39 is 20.6 Å². The number of hydrazone groups is 1. The molecule has 0 amide bonds. The van der Waals surface area contributed by atoms with E-state index in [2.05, 4.69) is 15.2 Å². The standard InChI is InChI=1S/C20H18N4O4S/c1-15-7-9-16(10-8-15)14-21-22-19-12-11-18(13-20(19)24(25)26)29(27,28)23-17-5-3-2-4-6-17/h2-14,22-23H,1H3/b21-14-. The summed E-state index contributed by atoms with van der Waals surface area (Å²) >= 11 is 0. The first kappa shape index (κ1) is 20.0. The summed E-state index contributed by atoms with van der Waals surface area (Å²) in [4.78, 5) is 10.5. The first-order valence-corrected chi connectivity index (χ1v) is 10.1. The lowest BCUT2D eigenvalue weighted by atomic mass is 10.2. The summed E-state index contributed by atoms with van der Waals surface area (Å²) in [6.07, 6.45) is 1.52. The largest absolute Gasteiger partial charge is 0.295 e. The smallest absolute Gasteiger partial charge is 0.280 e. The molecule has 3 aromatic carbocycles. The molecule has 0 aliphatic rings. The predicted octanol–water partition coefficient (Wildman–Crippen LogP) is 4.15. The van der Waals surface area contributed by atoms with Crippen LogP contribution in [-0.2, 0) is 10.0 Å². The summed E-state index contributed by atoms with van der Waals surface area (Å²) in [6.45, 7) is 1.96. The number of benzene rings is 3. The van der Waals surface area contributed by atoms with Crippen molar-refractivity contribution in [2.75, 3.05) is 10.1 Å². The molecule has 0 saturated carbocycles. The second kappa shape index (κ2) is 8.53. The molecule has 29 heavy (non-hydrogen) atoms. The lowest BCUT2D eigenvalue weighted by Crippen LogP contribution is -2.13. The van der Waals surface area contributed by atoms with E-state index in [0.717, 1.165) is 17.2 Å². The van der Waals surface area contributed by atoms with Crippen molar-refractivity contribution in [3.05, 3.63) is 94.0 Å². The highest BCUT2D eigenvalue weighted by Gasteiger charge is 2.21. The maximum atomic E-state index is 12.5. The van der Waals surface area contributed by atoms with E-state index in [-0.39, 0.29) is 10.6 Å². The molecule has 2 N–H and O–H groups in total. The van der Waals surface area contributed by atoms with E-state index in [1.54, 1.807) is 30.3 Å². The molecule has 3 rings (SSSR count). The molecule has 0 atom stereocenters. The van der Waals surface area contributed by atoms with Gasteiger partial charge in [0.1, 0.15) is 5.69 Å². The Labute approximate surface area is 168 Å². The molecule has 0 heterocycles. The molecule has 0 aromatic heterocycles. The molecular weight excluding hydrogens is 392 g/mol. The van der Waals surface area contributed by atoms with Gasteiger partial charge in [0.15, 0.2) is 0 Å². The molecule has 0 unspecified atom stereocenters. The average molecular weight is 410 g/mol. The van der Waals surface area contributed by atoms with Gasteiger partial charge >= 0.3 is 0 Å². The van der Waals surface area contributed by atoms with Crippen LogP contribution >= 0.6 is 0 Å². The van der Waals surface area contributed by atoms with E-state index in [1.165, 1.54) is 18.3 Å². The third kappa shape index (κ3) is 5.17. The van der Waals surface area contributed by atoms with Gasteiger partial charge in [0.2, 0.25) is 0 Å². The zero-order chi connectivity index (χ0) is 20.9. The van der Waals surface area contributed by atoms with Gasteiger partial charge in [-0.15, -0.1) is 0 Å². The SMILES string of the molecule is Cc1ccc(/C=N\Nc2ccc(S(=O)(=O)Nc3ccccc3)cc2[N+](=O)[O-])cc1. The average Bonchev–Trinajstić information content (AvgIpc) is 2.70. The quantitative estimate of drug-likeness (QED) is 0.345. The van der Waals surface area contributed by atoms with E-state index in [1.807, 2.05) is 31.2 Å². The number of rotatable bonds is 7. The number of nitro groups is 1. The van der Waals surface area contributed by atoms with Crippen molar-refractivity contribution in [3.63, 3.8) is 0 Å². The number of nitrogens with zero attached hydrogens (tertiary/aromatic N) is 2. The van der Waals surface area contributed by atoms with Crippen LogP contribution < -0.4 is 10.1 Å². The Kier molecular flexibility index (Phi) is 5.89. The summed E-state index contributed by atoms with van der Waals surface area (Å²) in [7, 11) is -3.97. The summed E-state index contributed by atoms with van der Waals surface area (Å²) in [6, 6.07) is 19.4. The minimum absolute atomic E-state index is 0.0806. The van der Waals surface area contributed by atoms with Gasteiger partial charge in [-0.2, -0.15) is 5.10 Å². The van der Waals surface area contributed by atoms with Gasteiger partial charge in [-0.05, 0) is 36.8 Å². The molecular formula is C20H18N4O4S. The second-order valence-corrected chi connectivity index (χ2v) is 7.87. The summed E-state index contributed by atoms with van der Waals surface area (Å²) < 4.78 is 27.4. The topological polar surface area (TPSA) is 114 Å². The third-order valence-corrected chi connectivity index (χ3v) is 5.36. The molecule has 0 saturated heterocycles. The van der Waals surface area contributed by atoms with Crippen molar-refractivity contribution in [2.24, 2.45) is 5.10 Å². The molecule has 9 heteroatoms. The van der Waals surface area contributed by atoms with Gasteiger partial charge in [-0.3, -0.25) is 20.3 Å². The third-order valence-electron chi connectivity index (χ3n) is 3.98. The number of aryl methyl sites for hydroxylation is 1. The fraction of sp³-hybridized carbons (Fsp3) is 0.0500. The van der Waals surface area contributed by atoms with E-state index in [9.17, 15) is 18.5 Å². The Balaban J connectivity index is 1.83. The Hall–Kier alpha value is -3.72. The highest BCUT2D eigenvalue weighted by Crippen LogP contribution is 2.28. The molecule has 0 fully saturated rings. The number of hydrogen-bond donors (Lipinski definition) is 2. The fourth-order valence-electron chi connectivity index (χ4n) is 2.47. The number of anilines is 2. The van der Waals surface area contributed by atoms with E-state index >= 15 is 0 Å². The van der Waals surface area contributed by atoms with E-state index in [4.69, 9.17) is 0 Å². The van der Waals surface area contributed by atoms with Crippen LogP contribution in [-0.4, -0.2) is 19.6 Å². The minimum Gasteiger partial charge on any atom is -0.280 e. The number of nitrogens with one attached hydrogen (secondary N) is 2. The number of para-hydroxylation sites is 1. The summed E-state index contributed by atoms with van der Waals surface area (Å²) in [5.41, 5.74) is 4.56. The molecule has 148 valence electrons. The van der Waals surface area contributed by atoms with Gasteiger partial charge in [0.05, 0.1) is 16.0 Å². The van der Waals surface area contributed by atoms with Crippen molar-refractivity contribution < 1.29 is 13.3 Å². The zero-order valence-corrected chi connectivity index (χ0v) is 16.3. The highest BCUT2D eigenvalue weighted by atomic mass is 32.2. The fourth-order valence-corrected chi connectivity index (χ4v) is 3.55. The van der Waals surface area contributed by atoms with Crippen LogP contribution in [0.15, 0.2) is 82.8 Å². The molecule has 0 spiro atoms. The summed E-state index contributed by atoms with van der Waals surface area (Å²) in [5.74, 6) is 0. The van der Waals surface area contributed by atoms with Gasteiger partial charge < -0.3 is 0 Å². The van der Waals surface area contributed by atoms with Crippen LogP contribution in [0.3, 0.4) is 0 Å². The van der Waals surface area contributed by atoms with Gasteiger partial charge in [0.25, 0.3) is 15.7 Å². The summed E-state index contributed by atoms with van der Waals surface area (Å²) in [5, 5.41) is 15.4. The lowest BCUT2D eigenvalue weighted by molar-refractivity contribution is -0.384. The normalized spacial score (nSPS) is 11.3. The van der Waals surface area contributed by atoms with Crippen molar-refractivity contribution in [1.29, 1.82) is 0 Å². The maximum Gasteiger partial charge on any atom is 0.295 e. The Bertz CT molecular complexity index is 1140. The Morgan fingerprint density at radius 2 is 1.69 bits per heavy atom. The first-order valence-electron chi connectivity index (χ1n) is 8.57. The Morgan fingerprint density at radius 3 is 2.34 bits per heavy atom. The lowest BCUT2D eigenvalue weighted by Gasteiger charge is -2.09. The maximum absolute atomic E-state index is 12.5. The number of nitro benzene ring substituents is 1. The van der Waals surface area contributed by atoms with Crippen LogP contribution in [0, 0.1) is 17.0 Å². The van der Waals surface area contributed by atoms with Crippen molar-refractivity contribution >= 4 is 33.3 Å². The molecule has 0 bridgehead atoms. The molecule has 8 nitrogen and oxygen atoms in total. The number of sulfonamides is 1. The highest BCUT2D eigenvalue weighted by molar-refractivity contribution is 7.92. The van der Waals surface area contributed by atoms with E-state index in [0.29, 0.717) is 5.69 Å². The van der Waals surface area contributed by atoms with Crippen LogP contribution in [0.25, 0.3) is 0 Å². The molecule has 0 aliphatic heterocycles. The molecule has 3 aromatic rings. The number of hydrogen-bond acceptors (Lipinski definition) is 6. The first-order chi connectivity index (χ1) is 13.8.